The SMILES string of the molecule is CCN1C2=CN=CC(=O)C2c2c1ccc(CC(=O)O)c2NC=O. The number of aliphatic carboxylic acids is 1. The van der Waals surface area contributed by atoms with Crippen LogP contribution in [-0.2, 0) is 20.8 Å². The Bertz CT molecular complexity index is 767. The van der Waals surface area contributed by atoms with Crippen LogP contribution in [0.4, 0.5) is 11.4 Å². The third-order valence-corrected chi connectivity index (χ3v) is 4.05. The van der Waals surface area contributed by atoms with E-state index >= 15 is 0 Å². The Kier molecular flexibility index (Phi) is 3.69. The lowest BCUT2D eigenvalue weighted by atomic mass is 9.90. The van der Waals surface area contributed by atoms with Crippen LogP contribution < -0.4 is 10.2 Å². The van der Waals surface area contributed by atoms with Gasteiger partial charge in [0.2, 0.25) is 6.41 Å². The van der Waals surface area contributed by atoms with Crippen LogP contribution in [0.3, 0.4) is 0 Å². The molecule has 0 radical (unpaired) electrons. The summed E-state index contributed by atoms with van der Waals surface area (Å²) in [4.78, 5) is 40.3. The molecule has 1 aromatic rings. The number of amides is 1. The van der Waals surface area contributed by atoms with Gasteiger partial charge in [-0.3, -0.25) is 19.4 Å². The minimum atomic E-state index is -1.00. The van der Waals surface area contributed by atoms with Gasteiger partial charge in [-0.1, -0.05) is 6.07 Å². The van der Waals surface area contributed by atoms with Gasteiger partial charge in [-0.05, 0) is 18.6 Å². The quantitative estimate of drug-likeness (QED) is 0.798. The van der Waals surface area contributed by atoms with Crippen LogP contribution in [-0.4, -0.2) is 36.0 Å². The Labute approximate surface area is 132 Å². The van der Waals surface area contributed by atoms with Crippen molar-refractivity contribution in [3.8, 4) is 0 Å². The molecule has 1 unspecified atom stereocenters. The van der Waals surface area contributed by atoms with Crippen molar-refractivity contribution in [2.24, 2.45) is 4.99 Å². The molecule has 23 heavy (non-hydrogen) atoms. The first-order valence-corrected chi connectivity index (χ1v) is 7.20. The van der Waals surface area contributed by atoms with Gasteiger partial charge in [0.05, 0.1) is 29.9 Å². The van der Waals surface area contributed by atoms with E-state index in [1.165, 1.54) is 6.21 Å². The first-order chi connectivity index (χ1) is 11.1. The smallest absolute Gasteiger partial charge is 0.307 e. The van der Waals surface area contributed by atoms with Crippen molar-refractivity contribution in [3.63, 3.8) is 0 Å². The largest absolute Gasteiger partial charge is 0.481 e. The average molecular weight is 313 g/mol. The number of carboxylic acid groups (broad SMARTS) is 1. The van der Waals surface area contributed by atoms with Crippen molar-refractivity contribution in [3.05, 3.63) is 35.2 Å². The van der Waals surface area contributed by atoms with E-state index in [0.717, 1.165) is 11.4 Å². The normalized spacial score (nSPS) is 18.3. The van der Waals surface area contributed by atoms with Crippen molar-refractivity contribution in [1.29, 1.82) is 0 Å². The molecule has 2 N–H and O–H groups in total. The van der Waals surface area contributed by atoms with Gasteiger partial charge in [0, 0.05) is 24.0 Å². The van der Waals surface area contributed by atoms with Gasteiger partial charge in [0.1, 0.15) is 0 Å². The summed E-state index contributed by atoms with van der Waals surface area (Å²) in [5.41, 5.74) is 3.05. The summed E-state index contributed by atoms with van der Waals surface area (Å²) in [6.45, 7) is 2.59. The summed E-state index contributed by atoms with van der Waals surface area (Å²) in [6, 6.07) is 3.46. The lowest BCUT2D eigenvalue weighted by Crippen LogP contribution is -2.24. The third kappa shape index (κ3) is 2.30. The summed E-state index contributed by atoms with van der Waals surface area (Å²) in [6.07, 6.45) is 3.16. The minimum absolute atomic E-state index is 0.180. The number of Topliss-reactive ketones (excluding diaryl/α,β-unsaturated/α-hetero) is 1. The number of carbonyl (C=O) groups is 3. The predicted octanol–water partition coefficient (Wildman–Crippen LogP) is 1.30. The van der Waals surface area contributed by atoms with E-state index in [-0.39, 0.29) is 12.2 Å². The lowest BCUT2D eigenvalue weighted by molar-refractivity contribution is -0.136. The van der Waals surface area contributed by atoms with Gasteiger partial charge in [-0.2, -0.15) is 0 Å². The highest BCUT2D eigenvalue weighted by Crippen LogP contribution is 2.49. The van der Waals surface area contributed by atoms with Gasteiger partial charge < -0.3 is 15.3 Å². The molecule has 7 heteroatoms. The van der Waals surface area contributed by atoms with Gasteiger partial charge in [-0.25, -0.2) is 0 Å². The number of nitrogens with one attached hydrogen (secondary N) is 1. The lowest BCUT2D eigenvalue weighted by Gasteiger charge is -2.21. The Morgan fingerprint density at radius 1 is 1.48 bits per heavy atom. The fraction of sp³-hybridized carbons (Fsp3) is 0.250. The second kappa shape index (κ2) is 5.68. The molecule has 7 nitrogen and oxygen atoms in total. The Balaban J connectivity index is 2.23. The first-order valence-electron chi connectivity index (χ1n) is 7.20. The molecule has 0 saturated carbocycles. The molecule has 0 aromatic heterocycles. The van der Waals surface area contributed by atoms with E-state index in [4.69, 9.17) is 5.11 Å². The molecule has 0 aliphatic carbocycles. The molecule has 0 spiro atoms. The maximum atomic E-state index is 12.3. The van der Waals surface area contributed by atoms with Crippen LogP contribution in [0.5, 0.6) is 0 Å². The zero-order valence-corrected chi connectivity index (χ0v) is 12.4. The number of anilines is 2. The molecule has 2 aliphatic heterocycles. The summed E-state index contributed by atoms with van der Waals surface area (Å²) >= 11 is 0. The highest BCUT2D eigenvalue weighted by atomic mass is 16.4. The number of nitrogens with zero attached hydrogens (tertiary/aromatic N) is 2. The van der Waals surface area contributed by atoms with Gasteiger partial charge in [0.15, 0.2) is 5.78 Å². The maximum absolute atomic E-state index is 12.3. The first kappa shape index (κ1) is 15.0. The monoisotopic (exact) mass is 313 g/mol. The minimum Gasteiger partial charge on any atom is -0.481 e. The molecule has 1 atom stereocenters. The number of hydrogen-bond acceptors (Lipinski definition) is 5. The number of benzene rings is 1. The Morgan fingerprint density at radius 2 is 2.26 bits per heavy atom. The van der Waals surface area contributed by atoms with E-state index in [2.05, 4.69) is 10.3 Å². The average Bonchev–Trinajstić information content (AvgIpc) is 2.84. The number of ketones is 1. The van der Waals surface area contributed by atoms with Gasteiger partial charge >= 0.3 is 5.97 Å². The number of hydrogen-bond donors (Lipinski definition) is 2. The summed E-state index contributed by atoms with van der Waals surface area (Å²) < 4.78 is 0. The second-order valence-electron chi connectivity index (χ2n) is 5.28. The van der Waals surface area contributed by atoms with E-state index in [9.17, 15) is 14.4 Å². The van der Waals surface area contributed by atoms with Crippen LogP contribution in [0.1, 0.15) is 24.0 Å². The van der Waals surface area contributed by atoms with Gasteiger partial charge in [-0.15, -0.1) is 0 Å². The van der Waals surface area contributed by atoms with Gasteiger partial charge in [0.25, 0.3) is 0 Å². The van der Waals surface area contributed by atoms with E-state index in [0.29, 0.717) is 29.8 Å². The fourth-order valence-corrected chi connectivity index (χ4v) is 3.21. The topological polar surface area (TPSA) is 99.1 Å². The Morgan fingerprint density at radius 3 is 2.91 bits per heavy atom. The van der Waals surface area contributed by atoms with Crippen LogP contribution in [0.25, 0.3) is 0 Å². The number of fused-ring (bicyclic) bond motifs is 3. The number of allylic oxidation sites excluding steroid dienone is 1. The molecular weight excluding hydrogens is 298 g/mol. The molecule has 0 fully saturated rings. The van der Waals surface area contributed by atoms with Crippen LogP contribution in [0.2, 0.25) is 0 Å². The van der Waals surface area contributed by atoms with Crippen molar-refractivity contribution in [1.82, 2.24) is 0 Å². The van der Waals surface area contributed by atoms with Crippen molar-refractivity contribution in [2.45, 2.75) is 19.3 Å². The zero-order valence-electron chi connectivity index (χ0n) is 12.4. The third-order valence-electron chi connectivity index (χ3n) is 4.05. The zero-order chi connectivity index (χ0) is 16.6. The summed E-state index contributed by atoms with van der Waals surface area (Å²) in [7, 11) is 0. The number of carbonyl (C=O) groups excluding carboxylic acids is 2. The van der Waals surface area contributed by atoms with Crippen LogP contribution >= 0.6 is 0 Å². The molecule has 1 aromatic carbocycles. The number of carboxylic acids is 1. The second-order valence-corrected chi connectivity index (χ2v) is 5.28. The molecular formula is C16H15N3O4. The molecule has 2 aliphatic rings. The number of aliphatic imine (C=N–C) groups is 1. The molecule has 0 saturated heterocycles. The Hall–Kier alpha value is -2.96. The summed E-state index contributed by atoms with van der Waals surface area (Å²) in [5.74, 6) is -1.74. The molecule has 3 rings (SSSR count). The van der Waals surface area contributed by atoms with E-state index < -0.39 is 11.9 Å². The highest BCUT2D eigenvalue weighted by molar-refractivity contribution is 6.33. The standard InChI is InChI=1S/C16H15N3O4/c1-2-19-10-4-3-9(5-13(22)23)16(18-8-20)15(10)14-11(19)6-17-7-12(14)21/h3-4,6-8,14H,2,5H2,1H3,(H,18,20)(H,22,23). The maximum Gasteiger partial charge on any atom is 0.307 e. The molecule has 2 heterocycles. The molecule has 1 amide bonds. The number of likely N-dealkylation sites (N-methyl/N-ethyl adjacent to an activating group) is 1. The van der Waals surface area contributed by atoms with Crippen LogP contribution in [0.15, 0.2) is 29.0 Å². The van der Waals surface area contributed by atoms with Crippen LogP contribution in [0, 0.1) is 0 Å². The highest BCUT2D eigenvalue weighted by Gasteiger charge is 2.41. The van der Waals surface area contributed by atoms with Crippen molar-refractivity contribution >= 4 is 35.8 Å². The molecule has 0 bridgehead atoms. The van der Waals surface area contributed by atoms with E-state index in [1.54, 1.807) is 18.3 Å². The summed E-state index contributed by atoms with van der Waals surface area (Å²) in [5, 5.41) is 11.7. The van der Waals surface area contributed by atoms with E-state index in [1.807, 2.05) is 11.8 Å². The van der Waals surface area contributed by atoms with Crippen molar-refractivity contribution in [2.75, 3.05) is 16.8 Å². The molecule has 118 valence electrons. The van der Waals surface area contributed by atoms with Crippen molar-refractivity contribution < 1.29 is 19.5 Å². The predicted molar refractivity (Wildman–Crippen MR) is 84.8 cm³/mol. The fourth-order valence-electron chi connectivity index (χ4n) is 3.21. The number of rotatable bonds is 5.